The van der Waals surface area contributed by atoms with Crippen LogP contribution in [0.4, 0.5) is 0 Å². The Bertz CT molecular complexity index is 145. The van der Waals surface area contributed by atoms with Crippen molar-refractivity contribution >= 4 is 9.52 Å². The molecule has 0 saturated carbocycles. The zero-order valence-electron chi connectivity index (χ0n) is 6.77. The molecule has 0 amide bonds. The Morgan fingerprint density at radius 3 is 3.10 bits per heavy atom. The SMILES string of the molecule is CCCC[SiH2]C1=CC=CC1. The van der Waals surface area contributed by atoms with Crippen molar-refractivity contribution in [3.63, 3.8) is 0 Å². The van der Waals surface area contributed by atoms with Gasteiger partial charge in [0.2, 0.25) is 0 Å². The number of allylic oxidation sites excluding steroid dienone is 4. The molecule has 0 bridgehead atoms. The van der Waals surface area contributed by atoms with Crippen LogP contribution in [0.5, 0.6) is 0 Å². The lowest BCUT2D eigenvalue weighted by molar-refractivity contribution is 0.879. The highest BCUT2D eigenvalue weighted by Crippen LogP contribution is 2.10. The molecule has 0 spiro atoms. The summed E-state index contributed by atoms with van der Waals surface area (Å²) in [6.07, 6.45) is 10.9. The molecule has 0 heterocycles. The molecule has 1 aliphatic carbocycles. The molecule has 0 unspecified atom stereocenters. The minimum Gasteiger partial charge on any atom is -0.0842 e. The molecule has 1 heteroatoms. The molecule has 0 atom stereocenters. The Morgan fingerprint density at radius 2 is 2.50 bits per heavy atom. The normalized spacial score (nSPS) is 17.1. The summed E-state index contributed by atoms with van der Waals surface area (Å²) >= 11 is 0. The summed E-state index contributed by atoms with van der Waals surface area (Å²) in [6, 6.07) is 1.52. The van der Waals surface area contributed by atoms with E-state index < -0.39 is 0 Å². The van der Waals surface area contributed by atoms with Gasteiger partial charge in [-0.2, -0.15) is 0 Å². The van der Waals surface area contributed by atoms with E-state index in [9.17, 15) is 0 Å². The van der Waals surface area contributed by atoms with Gasteiger partial charge in [0.05, 0.1) is 0 Å². The lowest BCUT2D eigenvalue weighted by Gasteiger charge is -1.97. The van der Waals surface area contributed by atoms with Crippen molar-refractivity contribution in [3.8, 4) is 0 Å². The predicted octanol–water partition coefficient (Wildman–Crippen LogP) is 2.22. The number of unbranched alkanes of at least 4 members (excludes halogenated alkanes) is 1. The van der Waals surface area contributed by atoms with E-state index >= 15 is 0 Å². The Morgan fingerprint density at radius 1 is 1.60 bits per heavy atom. The minimum absolute atomic E-state index is 0.175. The van der Waals surface area contributed by atoms with Gasteiger partial charge in [0.25, 0.3) is 0 Å². The largest absolute Gasteiger partial charge is 0.0842 e. The maximum absolute atomic E-state index is 2.32. The topological polar surface area (TPSA) is 0 Å². The van der Waals surface area contributed by atoms with Crippen molar-refractivity contribution in [1.29, 1.82) is 0 Å². The van der Waals surface area contributed by atoms with Crippen LogP contribution in [0.25, 0.3) is 0 Å². The monoisotopic (exact) mass is 152 g/mol. The smallest absolute Gasteiger partial charge is 0.0499 e. The lowest BCUT2D eigenvalue weighted by Crippen LogP contribution is -1.92. The van der Waals surface area contributed by atoms with E-state index in [1.807, 2.05) is 0 Å². The Balaban J connectivity index is 2.04. The first-order valence-corrected chi connectivity index (χ1v) is 5.98. The molecule has 1 aliphatic rings. The molecule has 0 aliphatic heterocycles. The quantitative estimate of drug-likeness (QED) is 0.428. The van der Waals surface area contributed by atoms with Gasteiger partial charge < -0.3 is 0 Å². The molecule has 10 heavy (non-hydrogen) atoms. The molecule has 0 aromatic heterocycles. The molecule has 56 valence electrons. The van der Waals surface area contributed by atoms with E-state index in [1.165, 1.54) is 25.3 Å². The van der Waals surface area contributed by atoms with E-state index in [4.69, 9.17) is 0 Å². The van der Waals surface area contributed by atoms with Crippen molar-refractivity contribution in [3.05, 3.63) is 23.4 Å². The molecule has 0 N–H and O–H groups in total. The fraction of sp³-hybridized carbons (Fsp3) is 0.556. The van der Waals surface area contributed by atoms with Crippen molar-refractivity contribution in [2.75, 3.05) is 0 Å². The van der Waals surface area contributed by atoms with Crippen LogP contribution in [-0.2, 0) is 0 Å². The summed E-state index contributed by atoms with van der Waals surface area (Å²) < 4.78 is 0. The highest BCUT2D eigenvalue weighted by atomic mass is 28.2. The second-order valence-corrected chi connectivity index (χ2v) is 5.03. The average Bonchev–Trinajstić information content (AvgIpc) is 2.41. The Labute approximate surface area is 65.8 Å². The first kappa shape index (κ1) is 7.80. The van der Waals surface area contributed by atoms with Gasteiger partial charge >= 0.3 is 0 Å². The first-order chi connectivity index (χ1) is 4.93. The summed E-state index contributed by atoms with van der Waals surface area (Å²) in [6.45, 7) is 2.27. The van der Waals surface area contributed by atoms with Gasteiger partial charge in [-0.05, 0) is 6.42 Å². The van der Waals surface area contributed by atoms with Gasteiger partial charge in [-0.25, -0.2) is 0 Å². The first-order valence-electron chi connectivity index (χ1n) is 4.28. The summed E-state index contributed by atoms with van der Waals surface area (Å²) in [7, 11) is 0.175. The van der Waals surface area contributed by atoms with Crippen molar-refractivity contribution in [2.24, 2.45) is 0 Å². The highest BCUT2D eigenvalue weighted by Gasteiger charge is 1.98. The number of hydrogen-bond acceptors (Lipinski definition) is 0. The fourth-order valence-electron chi connectivity index (χ4n) is 1.28. The molecule has 0 saturated heterocycles. The maximum atomic E-state index is 2.32. The van der Waals surface area contributed by atoms with Gasteiger partial charge in [-0.1, -0.05) is 49.2 Å². The summed E-state index contributed by atoms with van der Waals surface area (Å²) in [5.41, 5.74) is 0. The molecule has 1 rings (SSSR count). The van der Waals surface area contributed by atoms with E-state index in [1.54, 1.807) is 5.20 Å². The zero-order chi connectivity index (χ0) is 7.23. The van der Waals surface area contributed by atoms with E-state index in [0.717, 1.165) is 0 Å². The lowest BCUT2D eigenvalue weighted by atomic mass is 10.4. The fourth-order valence-corrected chi connectivity index (χ4v) is 3.16. The second-order valence-electron chi connectivity index (χ2n) is 2.91. The van der Waals surface area contributed by atoms with E-state index in [0.29, 0.717) is 0 Å². The van der Waals surface area contributed by atoms with Crippen LogP contribution in [0.1, 0.15) is 26.2 Å². The van der Waals surface area contributed by atoms with Crippen LogP contribution in [-0.4, -0.2) is 9.52 Å². The minimum atomic E-state index is 0.175. The second kappa shape index (κ2) is 4.50. The van der Waals surface area contributed by atoms with Crippen molar-refractivity contribution in [2.45, 2.75) is 32.2 Å². The highest BCUT2D eigenvalue weighted by molar-refractivity contribution is 6.45. The van der Waals surface area contributed by atoms with Gasteiger partial charge in [-0.3, -0.25) is 0 Å². The van der Waals surface area contributed by atoms with Crippen LogP contribution >= 0.6 is 0 Å². The van der Waals surface area contributed by atoms with E-state index in [-0.39, 0.29) is 9.52 Å². The molecule has 0 aromatic carbocycles. The zero-order valence-corrected chi connectivity index (χ0v) is 8.18. The predicted molar refractivity (Wildman–Crippen MR) is 50.1 cm³/mol. The van der Waals surface area contributed by atoms with Crippen LogP contribution in [0.2, 0.25) is 6.04 Å². The molecular weight excluding hydrogens is 136 g/mol. The third kappa shape index (κ3) is 2.52. The van der Waals surface area contributed by atoms with Gasteiger partial charge in [0, 0.05) is 9.52 Å². The Kier molecular flexibility index (Phi) is 3.51. The van der Waals surface area contributed by atoms with Crippen LogP contribution in [0.3, 0.4) is 0 Å². The molecule has 0 nitrogen and oxygen atoms in total. The third-order valence-corrected chi connectivity index (χ3v) is 3.97. The molecule has 0 radical (unpaired) electrons. The van der Waals surface area contributed by atoms with Crippen molar-refractivity contribution in [1.82, 2.24) is 0 Å². The van der Waals surface area contributed by atoms with Crippen LogP contribution in [0.15, 0.2) is 23.4 Å². The van der Waals surface area contributed by atoms with Crippen molar-refractivity contribution < 1.29 is 0 Å². The summed E-state index contributed by atoms with van der Waals surface area (Å²) in [5, 5.41) is 1.76. The molecule has 0 fully saturated rings. The van der Waals surface area contributed by atoms with Gasteiger partial charge in [-0.15, -0.1) is 0 Å². The summed E-state index contributed by atoms with van der Waals surface area (Å²) in [4.78, 5) is 0. The van der Waals surface area contributed by atoms with Gasteiger partial charge in [0.1, 0.15) is 0 Å². The van der Waals surface area contributed by atoms with Gasteiger partial charge in [0.15, 0.2) is 0 Å². The molecule has 0 aromatic rings. The summed E-state index contributed by atoms with van der Waals surface area (Å²) in [5.74, 6) is 0. The number of hydrogen-bond donors (Lipinski definition) is 0. The Hall–Kier alpha value is -0.303. The average molecular weight is 152 g/mol. The number of rotatable bonds is 4. The van der Waals surface area contributed by atoms with Crippen LogP contribution < -0.4 is 0 Å². The molecular formula is C9H16Si. The third-order valence-electron chi connectivity index (χ3n) is 1.95. The van der Waals surface area contributed by atoms with E-state index in [2.05, 4.69) is 25.2 Å². The standard InChI is InChI=1S/C9H16Si/c1-2-3-8-10-9-6-4-5-7-9/h4-6H,2-3,7-8,10H2,1H3. The maximum Gasteiger partial charge on any atom is 0.0499 e. The van der Waals surface area contributed by atoms with Crippen LogP contribution in [0, 0.1) is 0 Å².